The molecule has 0 spiro atoms. The third-order valence-electron chi connectivity index (χ3n) is 2.05. The molecular formula is C11H15ClN2O2. The molecule has 0 unspecified atom stereocenters. The predicted octanol–water partition coefficient (Wildman–Crippen LogP) is 2.42. The molecule has 0 bridgehead atoms. The highest BCUT2D eigenvalue weighted by Gasteiger charge is 2.06. The Kier molecular flexibility index (Phi) is 5.08. The summed E-state index contributed by atoms with van der Waals surface area (Å²) in [5.74, 6) is 0. The van der Waals surface area contributed by atoms with E-state index < -0.39 is 0 Å². The number of urea groups is 1. The van der Waals surface area contributed by atoms with Crippen molar-refractivity contribution in [3.63, 3.8) is 0 Å². The van der Waals surface area contributed by atoms with E-state index in [2.05, 4.69) is 10.6 Å². The number of methoxy groups -OCH3 is 1. The summed E-state index contributed by atoms with van der Waals surface area (Å²) >= 11 is 5.97. The van der Waals surface area contributed by atoms with Gasteiger partial charge in [0.1, 0.15) is 0 Å². The summed E-state index contributed by atoms with van der Waals surface area (Å²) in [4.78, 5) is 11.5. The number of amides is 2. The van der Waals surface area contributed by atoms with Gasteiger partial charge in [-0.1, -0.05) is 23.7 Å². The van der Waals surface area contributed by atoms with Gasteiger partial charge in [-0.3, -0.25) is 0 Å². The minimum absolute atomic E-state index is 0.284. The molecule has 2 N–H and O–H groups in total. The van der Waals surface area contributed by atoms with Crippen LogP contribution in [0.2, 0.25) is 5.02 Å². The smallest absolute Gasteiger partial charge is 0.319 e. The predicted molar refractivity (Wildman–Crippen MR) is 65.1 cm³/mol. The van der Waals surface area contributed by atoms with Gasteiger partial charge >= 0.3 is 6.03 Å². The Labute approximate surface area is 99.9 Å². The van der Waals surface area contributed by atoms with E-state index in [-0.39, 0.29) is 6.03 Å². The fourth-order valence-corrected chi connectivity index (χ4v) is 1.48. The van der Waals surface area contributed by atoms with Gasteiger partial charge in [-0.2, -0.15) is 0 Å². The van der Waals surface area contributed by atoms with Gasteiger partial charge in [-0.05, 0) is 18.6 Å². The maximum absolute atomic E-state index is 11.5. The Morgan fingerprint density at radius 3 is 2.88 bits per heavy atom. The van der Waals surface area contributed by atoms with E-state index in [0.717, 1.165) is 5.56 Å². The van der Waals surface area contributed by atoms with E-state index in [1.165, 1.54) is 0 Å². The summed E-state index contributed by atoms with van der Waals surface area (Å²) in [6.07, 6.45) is 0. The summed E-state index contributed by atoms with van der Waals surface area (Å²) in [5.41, 5.74) is 1.56. The number of anilines is 1. The lowest BCUT2D eigenvalue weighted by Crippen LogP contribution is -2.31. The van der Waals surface area contributed by atoms with Crippen LogP contribution in [0.15, 0.2) is 18.2 Å². The van der Waals surface area contributed by atoms with E-state index in [0.29, 0.717) is 23.9 Å². The maximum Gasteiger partial charge on any atom is 0.319 e. The second-order valence-electron chi connectivity index (χ2n) is 3.31. The first kappa shape index (κ1) is 12.8. The van der Waals surface area contributed by atoms with Crippen LogP contribution in [-0.2, 0) is 4.74 Å². The molecule has 5 heteroatoms. The molecular weight excluding hydrogens is 228 g/mol. The normalized spacial score (nSPS) is 9.94. The molecule has 0 aromatic heterocycles. The highest BCUT2D eigenvalue weighted by molar-refractivity contribution is 6.33. The molecule has 0 saturated heterocycles. The molecule has 1 aromatic rings. The number of halogens is 1. The van der Waals surface area contributed by atoms with Crippen LogP contribution >= 0.6 is 11.6 Å². The summed E-state index contributed by atoms with van der Waals surface area (Å²) in [5, 5.41) is 5.88. The van der Waals surface area contributed by atoms with Crippen molar-refractivity contribution >= 4 is 23.3 Å². The second kappa shape index (κ2) is 6.35. The van der Waals surface area contributed by atoms with Gasteiger partial charge in [0, 0.05) is 13.7 Å². The third-order valence-corrected chi connectivity index (χ3v) is 2.37. The van der Waals surface area contributed by atoms with Crippen LogP contribution in [-0.4, -0.2) is 26.3 Å². The van der Waals surface area contributed by atoms with Crippen LogP contribution in [0.1, 0.15) is 5.56 Å². The van der Waals surface area contributed by atoms with Gasteiger partial charge in [0.2, 0.25) is 0 Å². The van der Waals surface area contributed by atoms with Crippen LogP contribution in [0.4, 0.5) is 10.5 Å². The molecule has 0 aliphatic carbocycles. The average Bonchev–Trinajstić information content (AvgIpc) is 2.24. The lowest BCUT2D eigenvalue weighted by Gasteiger charge is -2.10. The van der Waals surface area contributed by atoms with Crippen LogP contribution < -0.4 is 10.6 Å². The molecule has 16 heavy (non-hydrogen) atoms. The molecule has 0 aliphatic heterocycles. The lowest BCUT2D eigenvalue weighted by atomic mass is 10.2. The molecule has 4 nitrogen and oxygen atoms in total. The number of rotatable bonds is 4. The van der Waals surface area contributed by atoms with Crippen molar-refractivity contribution in [2.24, 2.45) is 0 Å². The molecule has 0 radical (unpaired) electrons. The van der Waals surface area contributed by atoms with Gasteiger partial charge in [-0.15, -0.1) is 0 Å². The zero-order chi connectivity index (χ0) is 12.0. The van der Waals surface area contributed by atoms with E-state index in [9.17, 15) is 4.79 Å². The van der Waals surface area contributed by atoms with Crippen molar-refractivity contribution < 1.29 is 9.53 Å². The number of benzene rings is 1. The van der Waals surface area contributed by atoms with Crippen LogP contribution in [0.25, 0.3) is 0 Å². The largest absolute Gasteiger partial charge is 0.383 e. The summed E-state index contributed by atoms with van der Waals surface area (Å²) in [6.45, 7) is 2.83. The van der Waals surface area contributed by atoms with Gasteiger partial charge in [-0.25, -0.2) is 4.79 Å². The first-order chi connectivity index (χ1) is 7.65. The van der Waals surface area contributed by atoms with E-state index in [1.807, 2.05) is 19.1 Å². The zero-order valence-electron chi connectivity index (χ0n) is 9.34. The van der Waals surface area contributed by atoms with E-state index in [1.54, 1.807) is 13.2 Å². The van der Waals surface area contributed by atoms with Crippen LogP contribution in [0, 0.1) is 6.92 Å². The molecule has 2 amide bonds. The molecule has 88 valence electrons. The van der Waals surface area contributed by atoms with Crippen molar-refractivity contribution in [3.8, 4) is 0 Å². The fraction of sp³-hybridized carbons (Fsp3) is 0.364. The Balaban J connectivity index is 2.56. The number of hydrogen-bond donors (Lipinski definition) is 2. The molecule has 1 rings (SSSR count). The summed E-state index contributed by atoms with van der Waals surface area (Å²) in [6, 6.07) is 5.18. The van der Waals surface area contributed by atoms with Crippen LogP contribution in [0.3, 0.4) is 0 Å². The maximum atomic E-state index is 11.5. The Bertz CT molecular complexity index is 349. The molecule has 0 fully saturated rings. The van der Waals surface area contributed by atoms with E-state index in [4.69, 9.17) is 16.3 Å². The number of ether oxygens (including phenoxy) is 1. The van der Waals surface area contributed by atoms with Gasteiger partial charge < -0.3 is 15.4 Å². The minimum Gasteiger partial charge on any atom is -0.383 e. The monoisotopic (exact) mass is 242 g/mol. The number of aryl methyl sites for hydroxylation is 1. The van der Waals surface area contributed by atoms with Crippen molar-refractivity contribution in [3.05, 3.63) is 28.8 Å². The number of hydrogen-bond acceptors (Lipinski definition) is 2. The quantitative estimate of drug-likeness (QED) is 0.797. The SMILES string of the molecule is COCCNC(=O)Nc1c(C)cccc1Cl. The number of carbonyl (C=O) groups is 1. The topological polar surface area (TPSA) is 50.4 Å². The van der Waals surface area contributed by atoms with Gasteiger partial charge in [0.05, 0.1) is 17.3 Å². The lowest BCUT2D eigenvalue weighted by molar-refractivity contribution is 0.198. The molecule has 0 atom stereocenters. The molecule has 0 saturated carbocycles. The van der Waals surface area contributed by atoms with Crippen molar-refractivity contribution in [1.82, 2.24) is 5.32 Å². The van der Waals surface area contributed by atoms with E-state index >= 15 is 0 Å². The number of para-hydroxylation sites is 1. The van der Waals surface area contributed by atoms with Crippen molar-refractivity contribution in [2.75, 3.05) is 25.6 Å². The molecule has 0 aliphatic rings. The minimum atomic E-state index is -0.284. The second-order valence-corrected chi connectivity index (χ2v) is 3.71. The van der Waals surface area contributed by atoms with Crippen molar-refractivity contribution in [2.45, 2.75) is 6.92 Å². The van der Waals surface area contributed by atoms with Gasteiger partial charge in [0.15, 0.2) is 0 Å². The van der Waals surface area contributed by atoms with Gasteiger partial charge in [0.25, 0.3) is 0 Å². The fourth-order valence-electron chi connectivity index (χ4n) is 1.21. The molecule has 0 heterocycles. The summed E-state index contributed by atoms with van der Waals surface area (Å²) in [7, 11) is 1.58. The van der Waals surface area contributed by atoms with Crippen molar-refractivity contribution in [1.29, 1.82) is 0 Å². The Morgan fingerprint density at radius 1 is 1.50 bits per heavy atom. The Hall–Kier alpha value is -1.26. The molecule has 1 aromatic carbocycles. The highest BCUT2D eigenvalue weighted by Crippen LogP contribution is 2.24. The standard InChI is InChI=1S/C11H15ClN2O2/c1-8-4-3-5-9(12)10(8)14-11(15)13-6-7-16-2/h3-5H,6-7H2,1-2H3,(H2,13,14,15). The first-order valence-corrected chi connectivity index (χ1v) is 5.32. The highest BCUT2D eigenvalue weighted by atomic mass is 35.5. The van der Waals surface area contributed by atoms with Crippen LogP contribution in [0.5, 0.6) is 0 Å². The average molecular weight is 243 g/mol. The third kappa shape index (κ3) is 3.72. The number of carbonyl (C=O) groups excluding carboxylic acids is 1. The zero-order valence-corrected chi connectivity index (χ0v) is 10.1. The Morgan fingerprint density at radius 2 is 2.25 bits per heavy atom. The summed E-state index contributed by atoms with van der Waals surface area (Å²) < 4.78 is 4.82. The first-order valence-electron chi connectivity index (χ1n) is 4.94. The number of nitrogens with one attached hydrogen (secondary N) is 2.